The van der Waals surface area contributed by atoms with Gasteiger partial charge in [0, 0.05) is 36.5 Å². The molecule has 0 N–H and O–H groups in total. The summed E-state index contributed by atoms with van der Waals surface area (Å²) in [5.74, 6) is -0.571. The van der Waals surface area contributed by atoms with Crippen LogP contribution in [-0.4, -0.2) is 64.1 Å². The van der Waals surface area contributed by atoms with Crippen molar-refractivity contribution < 1.29 is 18.7 Å². The van der Waals surface area contributed by atoms with Crippen LogP contribution in [-0.2, 0) is 9.47 Å². The van der Waals surface area contributed by atoms with Crippen LogP contribution in [0.1, 0.15) is 23.2 Å². The van der Waals surface area contributed by atoms with Gasteiger partial charge in [0.25, 0.3) is 0 Å². The third-order valence-corrected chi connectivity index (χ3v) is 5.91. The topological polar surface area (TPSA) is 69.5 Å². The number of carbonyl (C=O) groups is 1. The summed E-state index contributed by atoms with van der Waals surface area (Å²) in [6, 6.07) is 10.8. The molecule has 0 spiro atoms. The first kappa shape index (κ1) is 18.2. The molecule has 0 radical (unpaired) electrons. The molecule has 3 aromatic rings. The molecule has 7 nitrogen and oxygen atoms in total. The molecule has 150 valence electrons. The van der Waals surface area contributed by atoms with Crippen LogP contribution in [0.4, 0.5) is 4.39 Å². The Morgan fingerprint density at radius 2 is 1.90 bits per heavy atom. The molecule has 29 heavy (non-hydrogen) atoms. The Balaban J connectivity index is 1.44. The van der Waals surface area contributed by atoms with Gasteiger partial charge in [-0.2, -0.15) is 4.39 Å². The Hall–Kier alpha value is -2.84. The molecular weight excluding hydrogens is 375 g/mol. The highest BCUT2D eigenvalue weighted by Crippen LogP contribution is 2.30. The maximum absolute atomic E-state index is 13.2. The summed E-state index contributed by atoms with van der Waals surface area (Å²) in [6.45, 7) is 1.34. The van der Waals surface area contributed by atoms with Gasteiger partial charge in [-0.3, -0.25) is 9.47 Å². The molecule has 2 fully saturated rings. The molecule has 2 aliphatic rings. The fourth-order valence-electron chi connectivity index (χ4n) is 4.33. The average molecular weight is 396 g/mol. The minimum absolute atomic E-state index is 0.134. The Labute approximate surface area is 167 Å². The predicted octanol–water partition coefficient (Wildman–Crippen LogP) is 2.58. The van der Waals surface area contributed by atoms with Crippen molar-refractivity contribution in [1.82, 2.24) is 19.7 Å². The average Bonchev–Trinajstić information content (AvgIpc) is 3.09. The maximum Gasteiger partial charge on any atom is 0.340 e. The fourth-order valence-corrected chi connectivity index (χ4v) is 4.33. The highest BCUT2D eigenvalue weighted by molar-refractivity contribution is 6.04. The smallest absolute Gasteiger partial charge is 0.340 e. The number of para-hydroxylation sites is 1. The standard InChI is InChI=1S/C21H21FN4O3/c1-25-13-8-15(9-14(25)12-28-11-13)29-21(27)17-10-26(18-5-3-2-4-16(17)18)20-7-6-19(22)23-24-20/h2-7,10,13-15H,8-9,11-12H2,1H3/t13-,14+,15-. The van der Waals surface area contributed by atoms with Crippen LogP contribution >= 0.6 is 0 Å². The summed E-state index contributed by atoms with van der Waals surface area (Å²) in [6.07, 6.45) is 3.08. The van der Waals surface area contributed by atoms with Gasteiger partial charge in [0.2, 0.25) is 5.95 Å². The normalized spacial score (nSPS) is 24.6. The van der Waals surface area contributed by atoms with Gasteiger partial charge in [-0.25, -0.2) is 4.79 Å². The highest BCUT2D eigenvalue weighted by Gasteiger charge is 2.38. The highest BCUT2D eigenvalue weighted by atomic mass is 19.1. The summed E-state index contributed by atoms with van der Waals surface area (Å²) in [4.78, 5) is 15.4. The largest absolute Gasteiger partial charge is 0.459 e. The van der Waals surface area contributed by atoms with Crippen molar-refractivity contribution in [2.24, 2.45) is 0 Å². The minimum atomic E-state index is -0.651. The SMILES string of the molecule is CN1[C@@H]2COC[C@H]1C[C@@H](OC(=O)c1cn(-c3ccc(F)nn3)c3ccccc13)C2. The first-order valence-electron chi connectivity index (χ1n) is 9.70. The van der Waals surface area contributed by atoms with Crippen LogP contribution in [0.25, 0.3) is 16.7 Å². The van der Waals surface area contributed by atoms with E-state index in [9.17, 15) is 9.18 Å². The van der Waals surface area contributed by atoms with Crippen LogP contribution in [0, 0.1) is 5.95 Å². The summed E-state index contributed by atoms with van der Waals surface area (Å²) < 4.78 is 26.4. The lowest BCUT2D eigenvalue weighted by molar-refractivity contribution is -0.0970. The number of morpholine rings is 1. The lowest BCUT2D eigenvalue weighted by Crippen LogP contribution is -2.56. The van der Waals surface area contributed by atoms with E-state index >= 15 is 0 Å². The quantitative estimate of drug-likeness (QED) is 0.634. The van der Waals surface area contributed by atoms with Crippen LogP contribution in [0.5, 0.6) is 0 Å². The molecule has 4 heterocycles. The molecule has 0 unspecified atom stereocenters. The number of aromatic nitrogens is 3. The number of fused-ring (bicyclic) bond motifs is 3. The van der Waals surface area contributed by atoms with Crippen molar-refractivity contribution in [3.05, 3.63) is 54.1 Å². The van der Waals surface area contributed by atoms with E-state index < -0.39 is 5.95 Å². The lowest BCUT2D eigenvalue weighted by Gasteiger charge is -2.46. The van der Waals surface area contributed by atoms with Gasteiger partial charge in [-0.1, -0.05) is 18.2 Å². The van der Waals surface area contributed by atoms with Crippen LogP contribution in [0.15, 0.2) is 42.6 Å². The van der Waals surface area contributed by atoms with Gasteiger partial charge in [0.1, 0.15) is 6.10 Å². The second kappa shape index (κ2) is 7.20. The number of nitrogens with zero attached hydrogens (tertiary/aromatic N) is 4. The van der Waals surface area contributed by atoms with E-state index in [-0.39, 0.29) is 24.2 Å². The number of rotatable bonds is 3. The number of ether oxygens (including phenoxy) is 2. The van der Waals surface area contributed by atoms with Crippen molar-refractivity contribution in [2.75, 3.05) is 20.3 Å². The lowest BCUT2D eigenvalue weighted by atomic mass is 9.92. The van der Waals surface area contributed by atoms with E-state index in [4.69, 9.17) is 9.47 Å². The third-order valence-electron chi connectivity index (χ3n) is 5.91. The first-order chi connectivity index (χ1) is 14.1. The van der Waals surface area contributed by atoms with Crippen molar-refractivity contribution in [2.45, 2.75) is 31.0 Å². The zero-order valence-electron chi connectivity index (χ0n) is 16.0. The van der Waals surface area contributed by atoms with Gasteiger partial charge >= 0.3 is 5.97 Å². The summed E-state index contributed by atoms with van der Waals surface area (Å²) in [5.41, 5.74) is 1.25. The molecule has 0 amide bonds. The summed E-state index contributed by atoms with van der Waals surface area (Å²) >= 11 is 0. The number of benzene rings is 1. The monoisotopic (exact) mass is 396 g/mol. The molecule has 8 heteroatoms. The molecule has 2 bridgehead atoms. The summed E-state index contributed by atoms with van der Waals surface area (Å²) in [5, 5.41) is 8.14. The van der Waals surface area contributed by atoms with Crippen molar-refractivity contribution in [1.29, 1.82) is 0 Å². The molecule has 2 aliphatic heterocycles. The van der Waals surface area contributed by atoms with Gasteiger partial charge in [0.15, 0.2) is 5.82 Å². The molecular formula is C21H21FN4O3. The second-order valence-electron chi connectivity index (χ2n) is 7.65. The minimum Gasteiger partial charge on any atom is -0.459 e. The third kappa shape index (κ3) is 3.28. The van der Waals surface area contributed by atoms with Crippen LogP contribution in [0.2, 0.25) is 0 Å². The predicted molar refractivity (Wildman–Crippen MR) is 103 cm³/mol. The fraction of sp³-hybridized carbons (Fsp3) is 0.381. The maximum atomic E-state index is 13.2. The first-order valence-corrected chi connectivity index (χ1v) is 9.70. The number of esters is 1. The Morgan fingerprint density at radius 3 is 2.62 bits per heavy atom. The molecule has 3 atom stereocenters. The number of likely N-dealkylation sites (N-methyl/N-ethyl adjacent to an activating group) is 1. The molecule has 0 aliphatic carbocycles. The van der Waals surface area contributed by atoms with Crippen LogP contribution in [0.3, 0.4) is 0 Å². The summed E-state index contributed by atoms with van der Waals surface area (Å²) in [7, 11) is 2.10. The Morgan fingerprint density at radius 1 is 1.14 bits per heavy atom. The van der Waals surface area contributed by atoms with E-state index in [0.29, 0.717) is 24.6 Å². The Kier molecular flexibility index (Phi) is 4.52. The molecule has 2 saturated heterocycles. The molecule has 0 saturated carbocycles. The van der Waals surface area contributed by atoms with Crippen molar-refractivity contribution >= 4 is 16.9 Å². The number of carbonyl (C=O) groups excluding carboxylic acids is 1. The number of halogens is 1. The van der Waals surface area contributed by atoms with Gasteiger partial charge in [-0.05, 0) is 25.2 Å². The van der Waals surface area contributed by atoms with Crippen LogP contribution < -0.4 is 0 Å². The van der Waals surface area contributed by atoms with Crippen molar-refractivity contribution in [3.8, 4) is 5.82 Å². The molecule has 5 rings (SSSR count). The van der Waals surface area contributed by atoms with Gasteiger partial charge in [-0.15, -0.1) is 10.2 Å². The molecule has 1 aromatic carbocycles. The van der Waals surface area contributed by atoms with E-state index in [1.54, 1.807) is 10.8 Å². The zero-order chi connectivity index (χ0) is 20.0. The van der Waals surface area contributed by atoms with E-state index in [1.165, 1.54) is 12.1 Å². The number of hydrogen-bond donors (Lipinski definition) is 0. The second-order valence-corrected chi connectivity index (χ2v) is 7.65. The number of piperidine rings is 1. The van der Waals surface area contributed by atoms with Crippen molar-refractivity contribution in [3.63, 3.8) is 0 Å². The Bertz CT molecular complexity index is 1040. The zero-order valence-corrected chi connectivity index (χ0v) is 16.0. The van der Waals surface area contributed by atoms with E-state index in [0.717, 1.165) is 23.7 Å². The number of hydrogen-bond acceptors (Lipinski definition) is 6. The van der Waals surface area contributed by atoms with Gasteiger partial charge in [0.05, 0.1) is 24.3 Å². The van der Waals surface area contributed by atoms with E-state index in [2.05, 4.69) is 22.1 Å². The molecule has 2 aromatic heterocycles. The van der Waals surface area contributed by atoms with E-state index in [1.807, 2.05) is 24.3 Å². The van der Waals surface area contributed by atoms with Gasteiger partial charge < -0.3 is 9.47 Å².